The standard InChI is InChI=1S/C25H19N3O3/c1-2-24(30)27-13-18(14-27)28-12-17-7-16(11-26)21(10-22(17)25(28)31)23-9-19(29)8-15-5-3-4-6-20(15)23/h2-10,18,29H,1,12-14H2. The van der Waals surface area contributed by atoms with Crippen LogP contribution in [0.3, 0.4) is 0 Å². The van der Waals surface area contributed by atoms with Gasteiger partial charge in [-0.25, -0.2) is 0 Å². The Morgan fingerprint density at radius 3 is 2.65 bits per heavy atom. The molecule has 0 saturated carbocycles. The Labute approximate surface area is 179 Å². The largest absolute Gasteiger partial charge is 0.508 e. The zero-order valence-electron chi connectivity index (χ0n) is 16.7. The molecule has 3 aromatic rings. The molecule has 0 unspecified atom stereocenters. The topological polar surface area (TPSA) is 84.6 Å². The summed E-state index contributed by atoms with van der Waals surface area (Å²) in [5.41, 5.74) is 3.17. The van der Waals surface area contributed by atoms with Gasteiger partial charge in [-0.3, -0.25) is 9.59 Å². The van der Waals surface area contributed by atoms with E-state index in [4.69, 9.17) is 0 Å². The van der Waals surface area contributed by atoms with Gasteiger partial charge in [0.2, 0.25) is 5.91 Å². The van der Waals surface area contributed by atoms with Crippen LogP contribution in [0, 0.1) is 11.3 Å². The van der Waals surface area contributed by atoms with Crippen molar-refractivity contribution in [1.82, 2.24) is 9.80 Å². The fourth-order valence-electron chi connectivity index (χ4n) is 4.47. The predicted octanol–water partition coefficient (Wildman–Crippen LogP) is 3.44. The number of nitrogens with zero attached hydrogens (tertiary/aromatic N) is 3. The first kappa shape index (κ1) is 18.9. The van der Waals surface area contributed by atoms with E-state index in [2.05, 4.69) is 12.6 Å². The van der Waals surface area contributed by atoms with Crippen molar-refractivity contribution in [3.63, 3.8) is 0 Å². The van der Waals surface area contributed by atoms with E-state index >= 15 is 0 Å². The fraction of sp³-hybridized carbons (Fsp3) is 0.160. The SMILES string of the molecule is C=CC(=O)N1CC(N2Cc3cc(C#N)c(-c4cc(O)cc5ccccc45)cc3C2=O)C1. The number of hydrogen-bond acceptors (Lipinski definition) is 4. The predicted molar refractivity (Wildman–Crippen MR) is 116 cm³/mol. The normalized spacial score (nSPS) is 15.5. The van der Waals surface area contributed by atoms with Crippen molar-refractivity contribution >= 4 is 22.6 Å². The third-order valence-electron chi connectivity index (χ3n) is 6.12. The Morgan fingerprint density at radius 2 is 1.90 bits per heavy atom. The Bertz CT molecular complexity index is 1320. The average Bonchev–Trinajstić information content (AvgIpc) is 3.06. The monoisotopic (exact) mass is 409 g/mol. The van der Waals surface area contributed by atoms with Crippen LogP contribution >= 0.6 is 0 Å². The maximum atomic E-state index is 13.2. The quantitative estimate of drug-likeness (QED) is 0.672. The molecule has 2 aliphatic rings. The highest BCUT2D eigenvalue weighted by atomic mass is 16.3. The molecule has 0 radical (unpaired) electrons. The van der Waals surface area contributed by atoms with Crippen LogP contribution in [0.2, 0.25) is 0 Å². The molecule has 2 heterocycles. The van der Waals surface area contributed by atoms with Crippen molar-refractivity contribution in [2.75, 3.05) is 13.1 Å². The number of carbonyl (C=O) groups is 2. The van der Waals surface area contributed by atoms with Crippen molar-refractivity contribution in [3.05, 3.63) is 77.9 Å². The molecule has 0 bridgehead atoms. The van der Waals surface area contributed by atoms with Crippen molar-refractivity contribution < 1.29 is 14.7 Å². The number of nitriles is 1. The molecule has 2 amide bonds. The van der Waals surface area contributed by atoms with E-state index in [0.29, 0.717) is 41.9 Å². The van der Waals surface area contributed by atoms with Crippen LogP contribution < -0.4 is 0 Å². The van der Waals surface area contributed by atoms with Crippen LogP contribution in [0.25, 0.3) is 21.9 Å². The second kappa shape index (κ2) is 6.99. The first-order valence-corrected chi connectivity index (χ1v) is 10.0. The molecule has 2 aliphatic heterocycles. The number of likely N-dealkylation sites (tertiary alicyclic amines) is 1. The van der Waals surface area contributed by atoms with E-state index in [1.54, 1.807) is 34.1 Å². The lowest BCUT2D eigenvalue weighted by atomic mass is 9.91. The number of phenolic OH excluding ortho intramolecular Hbond substituents is 1. The highest BCUT2D eigenvalue weighted by molar-refractivity contribution is 6.04. The number of phenols is 1. The zero-order chi connectivity index (χ0) is 21.7. The van der Waals surface area contributed by atoms with Gasteiger partial charge in [0.1, 0.15) is 5.75 Å². The van der Waals surface area contributed by atoms with Gasteiger partial charge >= 0.3 is 0 Å². The van der Waals surface area contributed by atoms with E-state index < -0.39 is 0 Å². The average molecular weight is 409 g/mol. The van der Waals surface area contributed by atoms with Gasteiger partial charge in [0, 0.05) is 30.8 Å². The van der Waals surface area contributed by atoms with Gasteiger partial charge in [-0.15, -0.1) is 0 Å². The number of hydrogen-bond donors (Lipinski definition) is 1. The van der Waals surface area contributed by atoms with Gasteiger partial charge in [0.25, 0.3) is 5.91 Å². The maximum Gasteiger partial charge on any atom is 0.254 e. The molecule has 0 spiro atoms. The summed E-state index contributed by atoms with van der Waals surface area (Å²) in [5, 5.41) is 21.8. The number of rotatable bonds is 3. The number of amides is 2. The Kier molecular flexibility index (Phi) is 4.26. The summed E-state index contributed by atoms with van der Waals surface area (Å²) in [5.74, 6) is -0.126. The Morgan fingerprint density at radius 1 is 1.13 bits per heavy atom. The first-order valence-electron chi connectivity index (χ1n) is 10.0. The number of carbonyl (C=O) groups excluding carboxylic acids is 2. The highest BCUT2D eigenvalue weighted by Gasteiger charge is 2.40. The third kappa shape index (κ3) is 2.94. The third-order valence-corrected chi connectivity index (χ3v) is 6.12. The van der Waals surface area contributed by atoms with E-state index in [9.17, 15) is 20.0 Å². The molecule has 6 nitrogen and oxygen atoms in total. The highest BCUT2D eigenvalue weighted by Crippen LogP contribution is 2.38. The van der Waals surface area contributed by atoms with Crippen LogP contribution in [0.4, 0.5) is 0 Å². The van der Waals surface area contributed by atoms with E-state index in [0.717, 1.165) is 16.3 Å². The minimum Gasteiger partial charge on any atom is -0.508 e. The molecule has 31 heavy (non-hydrogen) atoms. The molecule has 0 aromatic heterocycles. The molecule has 1 saturated heterocycles. The Balaban J connectivity index is 1.55. The molecule has 0 aliphatic carbocycles. The van der Waals surface area contributed by atoms with Crippen molar-refractivity contribution in [2.45, 2.75) is 12.6 Å². The summed E-state index contributed by atoms with van der Waals surface area (Å²) in [6.07, 6.45) is 1.28. The fourth-order valence-corrected chi connectivity index (χ4v) is 4.47. The number of fused-ring (bicyclic) bond motifs is 2. The summed E-state index contributed by atoms with van der Waals surface area (Å²) in [6, 6.07) is 16.7. The summed E-state index contributed by atoms with van der Waals surface area (Å²) < 4.78 is 0. The van der Waals surface area contributed by atoms with Gasteiger partial charge in [0.05, 0.1) is 17.7 Å². The smallest absolute Gasteiger partial charge is 0.254 e. The lowest BCUT2D eigenvalue weighted by Crippen LogP contribution is -2.60. The van der Waals surface area contributed by atoms with Gasteiger partial charge in [-0.1, -0.05) is 30.8 Å². The lowest BCUT2D eigenvalue weighted by molar-refractivity contribution is -0.132. The van der Waals surface area contributed by atoms with Gasteiger partial charge in [-0.05, 0) is 52.2 Å². The number of benzene rings is 3. The zero-order valence-corrected chi connectivity index (χ0v) is 16.7. The van der Waals surface area contributed by atoms with Gasteiger partial charge < -0.3 is 14.9 Å². The molecule has 152 valence electrons. The molecule has 0 atom stereocenters. The van der Waals surface area contributed by atoms with Crippen molar-refractivity contribution in [2.24, 2.45) is 0 Å². The van der Waals surface area contributed by atoms with E-state index in [-0.39, 0.29) is 23.6 Å². The lowest BCUT2D eigenvalue weighted by Gasteiger charge is -2.43. The molecular formula is C25H19N3O3. The minimum atomic E-state index is -0.134. The van der Waals surface area contributed by atoms with Crippen LogP contribution in [-0.4, -0.2) is 45.9 Å². The van der Waals surface area contributed by atoms with Crippen molar-refractivity contribution in [3.8, 4) is 22.9 Å². The molecule has 1 N–H and O–H groups in total. The summed E-state index contributed by atoms with van der Waals surface area (Å²) >= 11 is 0. The summed E-state index contributed by atoms with van der Waals surface area (Å²) in [6.45, 7) is 4.89. The maximum absolute atomic E-state index is 13.2. The van der Waals surface area contributed by atoms with Crippen LogP contribution in [-0.2, 0) is 11.3 Å². The minimum absolute atomic E-state index is 0.0422. The Hall–Kier alpha value is -4.11. The molecule has 5 rings (SSSR count). The second-order valence-electron chi connectivity index (χ2n) is 7.92. The van der Waals surface area contributed by atoms with E-state index in [1.807, 2.05) is 24.3 Å². The number of aromatic hydroxyl groups is 1. The van der Waals surface area contributed by atoms with E-state index in [1.165, 1.54) is 6.08 Å². The van der Waals surface area contributed by atoms with Gasteiger partial charge in [-0.2, -0.15) is 5.26 Å². The van der Waals surface area contributed by atoms with Crippen LogP contribution in [0.5, 0.6) is 5.75 Å². The second-order valence-corrected chi connectivity index (χ2v) is 7.92. The molecule has 3 aromatic carbocycles. The molecule has 1 fully saturated rings. The molecular weight excluding hydrogens is 390 g/mol. The van der Waals surface area contributed by atoms with Crippen LogP contribution in [0.1, 0.15) is 21.5 Å². The van der Waals surface area contributed by atoms with Gasteiger partial charge in [0.15, 0.2) is 0 Å². The van der Waals surface area contributed by atoms with Crippen molar-refractivity contribution in [1.29, 1.82) is 5.26 Å². The first-order chi connectivity index (χ1) is 15.0. The van der Waals surface area contributed by atoms with Crippen LogP contribution in [0.15, 0.2) is 61.2 Å². The summed E-state index contributed by atoms with van der Waals surface area (Å²) in [7, 11) is 0. The summed E-state index contributed by atoms with van der Waals surface area (Å²) in [4.78, 5) is 28.3. The molecule has 6 heteroatoms.